The van der Waals surface area contributed by atoms with Crippen LogP contribution in [-0.2, 0) is 24.4 Å². The zero-order valence-corrected chi connectivity index (χ0v) is 16.7. The molecular formula is C20H24N4O2S. The molecule has 6 nitrogen and oxygen atoms in total. The van der Waals surface area contributed by atoms with Gasteiger partial charge in [0.15, 0.2) is 0 Å². The third-order valence-corrected chi connectivity index (χ3v) is 5.34. The molecule has 1 amide bonds. The first-order valence-electron chi connectivity index (χ1n) is 8.93. The molecule has 142 valence electrons. The van der Waals surface area contributed by atoms with Crippen molar-refractivity contribution in [1.29, 1.82) is 0 Å². The van der Waals surface area contributed by atoms with Crippen LogP contribution in [0.3, 0.4) is 0 Å². The third kappa shape index (κ3) is 4.95. The van der Waals surface area contributed by atoms with E-state index < -0.39 is 0 Å². The highest BCUT2D eigenvalue weighted by Gasteiger charge is 2.07. The van der Waals surface area contributed by atoms with Crippen molar-refractivity contribution in [2.75, 3.05) is 0 Å². The Morgan fingerprint density at radius 2 is 1.93 bits per heavy atom. The molecule has 0 atom stereocenters. The number of hydrogen-bond acceptors (Lipinski definition) is 4. The summed E-state index contributed by atoms with van der Waals surface area (Å²) in [6, 6.07) is 10.2. The molecule has 0 aliphatic heterocycles. The number of thiazole rings is 1. The van der Waals surface area contributed by atoms with Crippen LogP contribution in [-0.4, -0.2) is 20.3 Å². The van der Waals surface area contributed by atoms with E-state index in [9.17, 15) is 9.59 Å². The maximum absolute atomic E-state index is 12.1. The molecule has 0 unspecified atom stereocenters. The zero-order chi connectivity index (χ0) is 19.4. The number of rotatable bonds is 7. The van der Waals surface area contributed by atoms with Gasteiger partial charge in [-0.3, -0.25) is 14.3 Å². The largest absolute Gasteiger partial charge is 0.352 e. The van der Waals surface area contributed by atoms with Gasteiger partial charge in [0.2, 0.25) is 5.91 Å². The van der Waals surface area contributed by atoms with Crippen molar-refractivity contribution in [3.05, 3.63) is 73.6 Å². The minimum absolute atomic E-state index is 0.0165. The predicted molar refractivity (Wildman–Crippen MR) is 107 cm³/mol. The topological polar surface area (TPSA) is 68.9 Å². The smallest absolute Gasteiger partial charge is 0.307 e. The summed E-state index contributed by atoms with van der Waals surface area (Å²) in [5.74, 6) is -0.0588. The predicted octanol–water partition coefficient (Wildman–Crippen LogP) is 2.79. The summed E-state index contributed by atoms with van der Waals surface area (Å²) in [7, 11) is 0. The average molecular weight is 385 g/mol. The van der Waals surface area contributed by atoms with Gasteiger partial charge in [-0.1, -0.05) is 35.6 Å². The van der Waals surface area contributed by atoms with Gasteiger partial charge < -0.3 is 9.88 Å². The first-order valence-corrected chi connectivity index (χ1v) is 9.81. The second kappa shape index (κ2) is 8.35. The molecular weight excluding hydrogens is 360 g/mol. The summed E-state index contributed by atoms with van der Waals surface area (Å²) in [4.78, 5) is 23.8. The highest BCUT2D eigenvalue weighted by Crippen LogP contribution is 2.10. The minimum atomic E-state index is -0.0588. The lowest BCUT2D eigenvalue weighted by Crippen LogP contribution is -2.26. The zero-order valence-electron chi connectivity index (χ0n) is 15.9. The Bertz CT molecular complexity index is 1000. The monoisotopic (exact) mass is 384 g/mol. The van der Waals surface area contributed by atoms with Crippen LogP contribution in [0.1, 0.15) is 34.6 Å². The molecule has 0 fully saturated rings. The molecule has 1 N–H and O–H groups in total. The Kier molecular flexibility index (Phi) is 5.91. The summed E-state index contributed by atoms with van der Waals surface area (Å²) in [5, 5.41) is 9.24. The van der Waals surface area contributed by atoms with Gasteiger partial charge >= 0.3 is 4.87 Å². The molecule has 0 aliphatic carbocycles. The number of nitrogens with one attached hydrogen (secondary N) is 1. The van der Waals surface area contributed by atoms with Crippen LogP contribution < -0.4 is 10.2 Å². The van der Waals surface area contributed by atoms with E-state index in [0.717, 1.165) is 28.2 Å². The van der Waals surface area contributed by atoms with Crippen LogP contribution in [0.5, 0.6) is 0 Å². The maximum Gasteiger partial charge on any atom is 0.307 e. The second-order valence-electron chi connectivity index (χ2n) is 6.73. The number of carbonyl (C=O) groups excluding carboxylic acids is 1. The maximum atomic E-state index is 12.1. The van der Waals surface area contributed by atoms with Crippen molar-refractivity contribution in [2.24, 2.45) is 0 Å². The number of nitrogens with zero attached hydrogens (tertiary/aromatic N) is 3. The number of benzene rings is 1. The van der Waals surface area contributed by atoms with Crippen molar-refractivity contribution < 1.29 is 4.79 Å². The van der Waals surface area contributed by atoms with E-state index >= 15 is 0 Å². The van der Waals surface area contributed by atoms with E-state index in [1.807, 2.05) is 43.0 Å². The van der Waals surface area contributed by atoms with Gasteiger partial charge in [-0.05, 0) is 38.0 Å². The van der Waals surface area contributed by atoms with Gasteiger partial charge in [0.1, 0.15) is 0 Å². The van der Waals surface area contributed by atoms with E-state index in [1.165, 1.54) is 11.3 Å². The summed E-state index contributed by atoms with van der Waals surface area (Å²) < 4.78 is 3.62. The van der Waals surface area contributed by atoms with Crippen LogP contribution in [0.15, 0.2) is 40.5 Å². The number of carbonyl (C=O) groups is 1. The van der Waals surface area contributed by atoms with Crippen molar-refractivity contribution in [3.63, 3.8) is 0 Å². The third-order valence-electron chi connectivity index (χ3n) is 4.46. The van der Waals surface area contributed by atoms with E-state index in [0.29, 0.717) is 26.1 Å². The van der Waals surface area contributed by atoms with Crippen molar-refractivity contribution in [1.82, 2.24) is 19.7 Å². The molecule has 27 heavy (non-hydrogen) atoms. The minimum Gasteiger partial charge on any atom is -0.352 e. The van der Waals surface area contributed by atoms with Gasteiger partial charge in [0.05, 0.1) is 12.2 Å². The van der Waals surface area contributed by atoms with Crippen LogP contribution in [0, 0.1) is 20.8 Å². The standard InChI is InChI=1S/C20H24N4O2S/c1-14-9-15(2)24(22-14)12-18-6-4-5-17(10-18)11-21-19(25)7-8-23-16(3)13-27-20(23)26/h4-6,9-10,13H,7-8,11-12H2,1-3H3,(H,21,25). The molecule has 0 aliphatic rings. The molecule has 7 heteroatoms. The normalized spacial score (nSPS) is 10.9. The number of aromatic nitrogens is 3. The van der Waals surface area contributed by atoms with Crippen molar-refractivity contribution >= 4 is 17.2 Å². The van der Waals surface area contributed by atoms with Crippen LogP contribution >= 0.6 is 11.3 Å². The lowest BCUT2D eigenvalue weighted by Gasteiger charge is -2.09. The lowest BCUT2D eigenvalue weighted by molar-refractivity contribution is -0.121. The first-order chi connectivity index (χ1) is 12.9. The molecule has 2 aromatic heterocycles. The summed E-state index contributed by atoms with van der Waals surface area (Å²) in [5.41, 5.74) is 5.23. The lowest BCUT2D eigenvalue weighted by atomic mass is 10.1. The molecule has 0 saturated carbocycles. The SMILES string of the molecule is Cc1cc(C)n(Cc2cccc(CNC(=O)CCn3c(C)csc3=O)c2)n1. The molecule has 0 saturated heterocycles. The van der Waals surface area contributed by atoms with Gasteiger partial charge in [-0.15, -0.1) is 0 Å². The van der Waals surface area contributed by atoms with Crippen LogP contribution in [0.25, 0.3) is 0 Å². The summed E-state index contributed by atoms with van der Waals surface area (Å²) in [6.07, 6.45) is 0.295. The Hall–Kier alpha value is -2.67. The Balaban J connectivity index is 1.54. The van der Waals surface area contributed by atoms with Gasteiger partial charge in [-0.25, -0.2) is 0 Å². The van der Waals surface area contributed by atoms with Gasteiger partial charge in [-0.2, -0.15) is 5.10 Å². The fraction of sp³-hybridized carbons (Fsp3) is 0.350. The first kappa shape index (κ1) is 19.1. The molecule has 3 rings (SSSR count). The number of hydrogen-bond donors (Lipinski definition) is 1. The fourth-order valence-corrected chi connectivity index (χ4v) is 3.78. The number of aryl methyl sites for hydroxylation is 3. The second-order valence-corrected chi connectivity index (χ2v) is 7.55. The highest BCUT2D eigenvalue weighted by molar-refractivity contribution is 7.07. The van der Waals surface area contributed by atoms with Crippen molar-refractivity contribution in [2.45, 2.75) is 46.8 Å². The Morgan fingerprint density at radius 3 is 2.59 bits per heavy atom. The Morgan fingerprint density at radius 1 is 1.15 bits per heavy atom. The number of amides is 1. The molecule has 0 spiro atoms. The van der Waals surface area contributed by atoms with Crippen molar-refractivity contribution in [3.8, 4) is 0 Å². The average Bonchev–Trinajstić information content (AvgIpc) is 3.12. The summed E-state index contributed by atoms with van der Waals surface area (Å²) in [6.45, 7) is 7.51. The molecule has 2 heterocycles. The highest BCUT2D eigenvalue weighted by atomic mass is 32.1. The fourth-order valence-electron chi connectivity index (χ4n) is 3.02. The molecule has 1 aromatic carbocycles. The van der Waals surface area contributed by atoms with Crippen LogP contribution in [0.2, 0.25) is 0 Å². The van der Waals surface area contributed by atoms with E-state index in [4.69, 9.17) is 0 Å². The van der Waals surface area contributed by atoms with Gasteiger partial charge in [0.25, 0.3) is 0 Å². The van der Waals surface area contributed by atoms with E-state index in [-0.39, 0.29) is 10.8 Å². The Labute approximate surface area is 162 Å². The molecule has 3 aromatic rings. The van der Waals surface area contributed by atoms with Crippen LogP contribution in [0.4, 0.5) is 0 Å². The van der Waals surface area contributed by atoms with E-state index in [1.54, 1.807) is 4.57 Å². The summed E-state index contributed by atoms with van der Waals surface area (Å²) >= 11 is 1.17. The van der Waals surface area contributed by atoms with Gasteiger partial charge in [0, 0.05) is 36.3 Å². The quantitative estimate of drug-likeness (QED) is 0.681. The van der Waals surface area contributed by atoms with E-state index in [2.05, 4.69) is 28.6 Å². The molecule has 0 radical (unpaired) electrons. The molecule has 0 bridgehead atoms.